The Labute approximate surface area is 77.0 Å². The number of hydrogen-bond acceptors (Lipinski definition) is 3. The van der Waals surface area contributed by atoms with Gasteiger partial charge < -0.3 is 0 Å². The van der Waals surface area contributed by atoms with Crippen LogP contribution in [-0.2, 0) is 4.79 Å². The molecule has 0 saturated heterocycles. The molecule has 0 N–H and O–H groups in total. The first-order chi connectivity index (χ1) is 6.36. The van der Waals surface area contributed by atoms with Gasteiger partial charge in [0.15, 0.2) is 0 Å². The van der Waals surface area contributed by atoms with E-state index in [9.17, 15) is 4.79 Å². The Kier molecular flexibility index (Phi) is 2.38. The number of aromatic nitrogens is 3. The molecular weight excluding hydrogens is 166 g/mol. The highest BCUT2D eigenvalue weighted by molar-refractivity contribution is 5.78. The number of carbonyl (C=O) groups is 1. The standard InChI is InChI=1S/C9H13N3O/c13-9-4-2-1-3-8(5-9)12-7-10-6-11-12/h6-8H,1-5H2. The summed E-state index contributed by atoms with van der Waals surface area (Å²) in [6.07, 6.45) is 7.79. The van der Waals surface area contributed by atoms with Crippen LogP contribution in [0.15, 0.2) is 12.7 Å². The molecule has 1 atom stereocenters. The molecule has 2 rings (SSSR count). The van der Waals surface area contributed by atoms with Crippen LogP contribution in [0.4, 0.5) is 0 Å². The Hall–Kier alpha value is -1.19. The van der Waals surface area contributed by atoms with Crippen molar-refractivity contribution in [3.8, 4) is 0 Å². The van der Waals surface area contributed by atoms with Gasteiger partial charge in [0.2, 0.25) is 0 Å². The minimum absolute atomic E-state index is 0.248. The molecule has 1 aliphatic carbocycles. The van der Waals surface area contributed by atoms with Crippen molar-refractivity contribution in [2.24, 2.45) is 0 Å². The summed E-state index contributed by atoms with van der Waals surface area (Å²) in [6.45, 7) is 0. The molecule has 1 aromatic rings. The van der Waals surface area contributed by atoms with Crippen molar-refractivity contribution in [1.82, 2.24) is 14.8 Å². The average molecular weight is 179 g/mol. The molecule has 1 unspecified atom stereocenters. The fourth-order valence-corrected chi connectivity index (χ4v) is 1.80. The van der Waals surface area contributed by atoms with E-state index in [2.05, 4.69) is 10.1 Å². The lowest BCUT2D eigenvalue weighted by molar-refractivity contribution is -0.119. The molecule has 70 valence electrons. The minimum Gasteiger partial charge on any atom is -0.300 e. The number of ketones is 1. The molecular formula is C9H13N3O. The van der Waals surface area contributed by atoms with Crippen molar-refractivity contribution in [1.29, 1.82) is 0 Å². The van der Waals surface area contributed by atoms with Gasteiger partial charge >= 0.3 is 0 Å². The first-order valence-corrected chi connectivity index (χ1v) is 4.72. The maximum atomic E-state index is 11.3. The maximum absolute atomic E-state index is 11.3. The van der Waals surface area contributed by atoms with Crippen molar-refractivity contribution < 1.29 is 4.79 Å². The summed E-state index contributed by atoms with van der Waals surface area (Å²) in [4.78, 5) is 15.2. The molecule has 0 amide bonds. The molecule has 4 nitrogen and oxygen atoms in total. The summed E-state index contributed by atoms with van der Waals surface area (Å²) in [7, 11) is 0. The number of nitrogens with zero attached hydrogens (tertiary/aromatic N) is 3. The van der Waals surface area contributed by atoms with Gasteiger partial charge in [0.05, 0.1) is 6.04 Å². The van der Waals surface area contributed by atoms with Crippen LogP contribution in [0.2, 0.25) is 0 Å². The Morgan fingerprint density at radius 3 is 3.15 bits per heavy atom. The highest BCUT2D eigenvalue weighted by atomic mass is 16.1. The maximum Gasteiger partial charge on any atom is 0.137 e. The third kappa shape index (κ3) is 1.94. The molecule has 0 aromatic carbocycles. The Balaban J connectivity index is 2.09. The zero-order chi connectivity index (χ0) is 9.10. The lowest BCUT2D eigenvalue weighted by Crippen LogP contribution is -2.12. The van der Waals surface area contributed by atoms with Crippen molar-refractivity contribution >= 4 is 5.78 Å². The fraction of sp³-hybridized carbons (Fsp3) is 0.667. The van der Waals surface area contributed by atoms with Crippen molar-refractivity contribution in [3.63, 3.8) is 0 Å². The lowest BCUT2D eigenvalue weighted by Gasteiger charge is -2.12. The third-order valence-electron chi connectivity index (χ3n) is 2.52. The van der Waals surface area contributed by atoms with Gasteiger partial charge in [-0.1, -0.05) is 6.42 Å². The predicted molar refractivity (Wildman–Crippen MR) is 47.2 cm³/mol. The molecule has 1 saturated carbocycles. The van der Waals surface area contributed by atoms with Crippen LogP contribution in [-0.4, -0.2) is 20.5 Å². The van der Waals surface area contributed by atoms with E-state index in [1.807, 2.05) is 4.68 Å². The van der Waals surface area contributed by atoms with Gasteiger partial charge in [-0.05, 0) is 12.8 Å². The van der Waals surface area contributed by atoms with E-state index in [4.69, 9.17) is 0 Å². The van der Waals surface area contributed by atoms with Crippen molar-refractivity contribution in [2.45, 2.75) is 38.1 Å². The first kappa shape index (κ1) is 8.41. The largest absolute Gasteiger partial charge is 0.300 e. The number of Topliss-reactive ketones (excluding diaryl/α,β-unsaturated/α-hetero) is 1. The average Bonchev–Trinajstić information content (AvgIpc) is 2.56. The second-order valence-electron chi connectivity index (χ2n) is 3.52. The molecule has 0 bridgehead atoms. The Morgan fingerprint density at radius 2 is 2.38 bits per heavy atom. The van der Waals surface area contributed by atoms with Crippen LogP contribution >= 0.6 is 0 Å². The molecule has 1 fully saturated rings. The van der Waals surface area contributed by atoms with Gasteiger partial charge in [-0.15, -0.1) is 0 Å². The number of carbonyl (C=O) groups excluding carboxylic acids is 1. The van der Waals surface area contributed by atoms with Crippen LogP contribution in [0, 0.1) is 0 Å². The molecule has 1 aromatic heterocycles. The summed E-state index contributed by atoms with van der Waals surface area (Å²) in [5, 5.41) is 4.07. The van der Waals surface area contributed by atoms with E-state index < -0.39 is 0 Å². The molecule has 1 heterocycles. The molecule has 0 aliphatic heterocycles. The summed E-state index contributed by atoms with van der Waals surface area (Å²) < 4.78 is 1.81. The van der Waals surface area contributed by atoms with Gasteiger partial charge in [-0.3, -0.25) is 4.79 Å². The third-order valence-corrected chi connectivity index (χ3v) is 2.52. The fourth-order valence-electron chi connectivity index (χ4n) is 1.80. The first-order valence-electron chi connectivity index (χ1n) is 4.72. The highest BCUT2D eigenvalue weighted by Gasteiger charge is 2.19. The topological polar surface area (TPSA) is 47.8 Å². The van der Waals surface area contributed by atoms with Gasteiger partial charge in [0.25, 0.3) is 0 Å². The van der Waals surface area contributed by atoms with Crippen molar-refractivity contribution in [2.75, 3.05) is 0 Å². The van der Waals surface area contributed by atoms with Crippen LogP contribution < -0.4 is 0 Å². The SMILES string of the molecule is O=C1CCCCC(n2cncn2)C1. The summed E-state index contributed by atoms with van der Waals surface area (Å²) in [6, 6.07) is 0.248. The zero-order valence-corrected chi connectivity index (χ0v) is 7.52. The van der Waals surface area contributed by atoms with E-state index in [1.54, 1.807) is 6.33 Å². The second-order valence-corrected chi connectivity index (χ2v) is 3.52. The van der Waals surface area contributed by atoms with Gasteiger partial charge in [0, 0.05) is 12.8 Å². The molecule has 0 spiro atoms. The Bertz CT molecular complexity index is 281. The smallest absolute Gasteiger partial charge is 0.137 e. The molecule has 13 heavy (non-hydrogen) atoms. The number of rotatable bonds is 1. The van der Waals surface area contributed by atoms with E-state index >= 15 is 0 Å². The van der Waals surface area contributed by atoms with Crippen molar-refractivity contribution in [3.05, 3.63) is 12.7 Å². The second kappa shape index (κ2) is 3.68. The quantitative estimate of drug-likeness (QED) is 0.611. The summed E-state index contributed by atoms with van der Waals surface area (Å²) in [5.41, 5.74) is 0. The van der Waals surface area contributed by atoms with E-state index in [-0.39, 0.29) is 6.04 Å². The van der Waals surface area contributed by atoms with Gasteiger partial charge in [0.1, 0.15) is 18.4 Å². The van der Waals surface area contributed by atoms with Gasteiger partial charge in [-0.25, -0.2) is 9.67 Å². The molecule has 0 radical (unpaired) electrons. The molecule has 4 heteroatoms. The van der Waals surface area contributed by atoms with Crippen LogP contribution in [0.1, 0.15) is 38.1 Å². The monoisotopic (exact) mass is 179 g/mol. The highest BCUT2D eigenvalue weighted by Crippen LogP contribution is 2.23. The predicted octanol–water partition coefficient (Wildman–Crippen LogP) is 1.35. The normalized spacial score (nSPS) is 24.3. The molecule has 1 aliphatic rings. The summed E-state index contributed by atoms with van der Waals surface area (Å²) in [5.74, 6) is 0.359. The van der Waals surface area contributed by atoms with Crippen LogP contribution in [0.3, 0.4) is 0 Å². The van der Waals surface area contributed by atoms with E-state index in [0.29, 0.717) is 12.2 Å². The minimum atomic E-state index is 0.248. The Morgan fingerprint density at radius 1 is 1.46 bits per heavy atom. The zero-order valence-electron chi connectivity index (χ0n) is 7.52. The van der Waals surface area contributed by atoms with Crippen LogP contribution in [0.25, 0.3) is 0 Å². The van der Waals surface area contributed by atoms with Crippen LogP contribution in [0.5, 0.6) is 0 Å². The van der Waals surface area contributed by atoms with Gasteiger partial charge in [-0.2, -0.15) is 5.10 Å². The van der Waals surface area contributed by atoms with E-state index in [0.717, 1.165) is 25.7 Å². The lowest BCUT2D eigenvalue weighted by atomic mass is 10.1. The van der Waals surface area contributed by atoms with E-state index in [1.165, 1.54) is 6.33 Å². The summed E-state index contributed by atoms with van der Waals surface area (Å²) >= 11 is 0. The number of hydrogen-bond donors (Lipinski definition) is 0.